The molecule has 1 saturated heterocycles. The molecule has 0 aliphatic carbocycles. The molecule has 0 bridgehead atoms. The molecule has 1 aromatic carbocycles. The number of nitrogens with zero attached hydrogens (tertiary/aromatic N) is 2. The van der Waals surface area contributed by atoms with E-state index in [1.54, 1.807) is 6.21 Å². The molecule has 0 aromatic heterocycles. The second-order valence-corrected chi connectivity index (χ2v) is 6.97. The number of hydrogen-bond donors (Lipinski definition) is 0. The topological polar surface area (TPSA) is 51.1 Å². The molecule has 1 aromatic rings. The molecule has 0 unspecified atom stereocenters. The molecule has 0 saturated carbocycles. The fourth-order valence-electron chi connectivity index (χ4n) is 1.79. The van der Waals surface area contributed by atoms with Gasteiger partial charge in [-0.2, -0.15) is 10.1 Å². The van der Waals surface area contributed by atoms with E-state index in [4.69, 9.17) is 21.7 Å². The first-order valence-electron chi connectivity index (χ1n) is 6.69. The van der Waals surface area contributed by atoms with Crippen LogP contribution in [0, 0.1) is 3.57 Å². The molecule has 0 radical (unpaired) electrons. The molecule has 118 valence electrons. The fraction of sp³-hybridized carbons (Fsp3) is 0.357. The zero-order valence-corrected chi connectivity index (χ0v) is 16.0. The summed E-state index contributed by atoms with van der Waals surface area (Å²) in [6.07, 6.45) is 1.61. The Hall–Kier alpha value is -0.870. The number of amides is 1. The second kappa shape index (κ2) is 8.11. The van der Waals surface area contributed by atoms with Gasteiger partial charge in [0, 0.05) is 0 Å². The van der Waals surface area contributed by atoms with Crippen LogP contribution in [-0.2, 0) is 4.79 Å². The Bertz CT molecular complexity index is 606. The van der Waals surface area contributed by atoms with Crippen LogP contribution in [0.2, 0.25) is 0 Å². The van der Waals surface area contributed by atoms with E-state index in [2.05, 4.69) is 27.7 Å². The Morgan fingerprint density at radius 2 is 2.14 bits per heavy atom. The largest absolute Gasteiger partial charge is 0.490 e. The van der Waals surface area contributed by atoms with E-state index in [9.17, 15) is 4.79 Å². The van der Waals surface area contributed by atoms with E-state index in [0.717, 1.165) is 14.9 Å². The number of thiocarbonyl (C=S) groups is 1. The smallest absolute Gasteiger partial charge is 0.259 e. The maximum absolute atomic E-state index is 11.6. The minimum Gasteiger partial charge on any atom is -0.490 e. The highest BCUT2D eigenvalue weighted by Crippen LogP contribution is 2.34. The normalized spacial score (nSPS) is 15.0. The van der Waals surface area contributed by atoms with Crippen molar-refractivity contribution in [1.29, 1.82) is 0 Å². The van der Waals surface area contributed by atoms with Crippen LogP contribution < -0.4 is 9.47 Å². The van der Waals surface area contributed by atoms with Crippen LogP contribution in [-0.4, -0.2) is 40.4 Å². The van der Waals surface area contributed by atoms with Crippen molar-refractivity contribution in [2.45, 2.75) is 13.8 Å². The number of benzene rings is 1. The van der Waals surface area contributed by atoms with Gasteiger partial charge in [0.15, 0.2) is 15.8 Å². The van der Waals surface area contributed by atoms with Gasteiger partial charge in [-0.1, -0.05) is 24.0 Å². The minimum absolute atomic E-state index is 0.100. The zero-order chi connectivity index (χ0) is 16.1. The Balaban J connectivity index is 2.27. The first kappa shape index (κ1) is 17.5. The summed E-state index contributed by atoms with van der Waals surface area (Å²) in [4.78, 5) is 11.6. The van der Waals surface area contributed by atoms with E-state index in [0.29, 0.717) is 29.0 Å². The van der Waals surface area contributed by atoms with Gasteiger partial charge in [-0.25, -0.2) is 0 Å². The van der Waals surface area contributed by atoms with Crippen molar-refractivity contribution in [2.75, 3.05) is 19.0 Å². The van der Waals surface area contributed by atoms with E-state index in [-0.39, 0.29) is 5.91 Å². The molecule has 0 spiro atoms. The van der Waals surface area contributed by atoms with E-state index in [1.165, 1.54) is 16.8 Å². The van der Waals surface area contributed by atoms with Crippen molar-refractivity contribution >= 4 is 63.0 Å². The lowest BCUT2D eigenvalue weighted by atomic mass is 10.2. The number of ether oxygens (including phenoxy) is 2. The third-order valence-corrected chi connectivity index (χ3v) is 4.81. The minimum atomic E-state index is -0.100. The van der Waals surface area contributed by atoms with Crippen LogP contribution in [0.1, 0.15) is 19.4 Å². The fourth-order valence-corrected chi connectivity index (χ4v) is 3.54. The van der Waals surface area contributed by atoms with Gasteiger partial charge in [0.1, 0.15) is 0 Å². The molecule has 1 amide bonds. The summed E-state index contributed by atoms with van der Waals surface area (Å²) in [7, 11) is 0. The van der Waals surface area contributed by atoms with Gasteiger partial charge < -0.3 is 9.47 Å². The van der Waals surface area contributed by atoms with Crippen LogP contribution in [0.15, 0.2) is 17.2 Å². The molecule has 1 fully saturated rings. The molecule has 22 heavy (non-hydrogen) atoms. The molecule has 1 heterocycles. The van der Waals surface area contributed by atoms with Crippen LogP contribution in [0.4, 0.5) is 0 Å². The van der Waals surface area contributed by atoms with E-state index in [1.807, 2.05) is 26.0 Å². The zero-order valence-electron chi connectivity index (χ0n) is 12.2. The average Bonchev–Trinajstić information content (AvgIpc) is 2.80. The third kappa shape index (κ3) is 4.11. The standard InChI is InChI=1S/C14H15IN2O3S2/c1-3-19-11-6-9(5-10(15)13(11)20-4-2)7-16-17-12(18)8-22-14(17)21/h5-7H,3-4,8H2,1-2H3/b16-7+. The molecular formula is C14H15IN2O3S2. The molecule has 0 atom stereocenters. The van der Waals surface area contributed by atoms with Crippen molar-refractivity contribution in [1.82, 2.24) is 5.01 Å². The maximum atomic E-state index is 11.6. The number of carbonyl (C=O) groups excluding carboxylic acids is 1. The SMILES string of the molecule is CCOc1cc(/C=N/N2C(=O)CSC2=S)cc(I)c1OCC. The summed E-state index contributed by atoms with van der Waals surface area (Å²) in [5, 5.41) is 5.42. The Kier molecular flexibility index (Phi) is 6.45. The average molecular weight is 450 g/mol. The van der Waals surface area contributed by atoms with E-state index < -0.39 is 0 Å². The molecule has 1 aliphatic heterocycles. The summed E-state index contributed by atoms with van der Waals surface area (Å²) in [5.41, 5.74) is 0.823. The first-order valence-corrected chi connectivity index (χ1v) is 9.16. The lowest BCUT2D eigenvalue weighted by Gasteiger charge is -2.13. The number of thioether (sulfide) groups is 1. The number of hydrogen-bond acceptors (Lipinski definition) is 6. The van der Waals surface area contributed by atoms with Crippen molar-refractivity contribution in [2.24, 2.45) is 5.10 Å². The lowest BCUT2D eigenvalue weighted by Crippen LogP contribution is -2.22. The highest BCUT2D eigenvalue weighted by Gasteiger charge is 2.26. The van der Waals surface area contributed by atoms with Crippen LogP contribution in [0.3, 0.4) is 0 Å². The Morgan fingerprint density at radius 3 is 2.73 bits per heavy atom. The molecular weight excluding hydrogens is 435 g/mol. The predicted molar refractivity (Wildman–Crippen MR) is 101 cm³/mol. The van der Waals surface area contributed by atoms with Crippen LogP contribution >= 0.6 is 46.6 Å². The van der Waals surface area contributed by atoms with Gasteiger partial charge in [-0.15, -0.1) is 0 Å². The first-order chi connectivity index (χ1) is 10.6. The summed E-state index contributed by atoms with van der Waals surface area (Å²) < 4.78 is 12.7. The predicted octanol–water partition coefficient (Wildman–Crippen LogP) is 3.28. The maximum Gasteiger partial charge on any atom is 0.259 e. The van der Waals surface area contributed by atoms with Gasteiger partial charge in [0.05, 0.1) is 28.8 Å². The summed E-state index contributed by atoms with van der Waals surface area (Å²) in [6, 6.07) is 3.77. The van der Waals surface area contributed by atoms with Gasteiger partial charge in [-0.05, 0) is 54.1 Å². The second-order valence-electron chi connectivity index (χ2n) is 4.20. The van der Waals surface area contributed by atoms with Crippen molar-refractivity contribution in [3.63, 3.8) is 0 Å². The molecule has 0 N–H and O–H groups in total. The summed E-state index contributed by atoms with van der Waals surface area (Å²) in [5.74, 6) is 1.64. The molecule has 2 rings (SSSR count). The van der Waals surface area contributed by atoms with Gasteiger partial charge in [0.25, 0.3) is 5.91 Å². The monoisotopic (exact) mass is 450 g/mol. The Labute approximate surface area is 152 Å². The Morgan fingerprint density at radius 1 is 1.41 bits per heavy atom. The molecule has 1 aliphatic rings. The van der Waals surface area contributed by atoms with Crippen LogP contribution in [0.5, 0.6) is 11.5 Å². The van der Waals surface area contributed by atoms with Crippen LogP contribution in [0.25, 0.3) is 0 Å². The third-order valence-electron chi connectivity index (χ3n) is 2.67. The highest BCUT2D eigenvalue weighted by molar-refractivity contribution is 14.1. The molecule has 8 heteroatoms. The van der Waals surface area contributed by atoms with Gasteiger partial charge in [0.2, 0.25) is 0 Å². The number of carbonyl (C=O) groups is 1. The van der Waals surface area contributed by atoms with Crippen molar-refractivity contribution in [3.05, 3.63) is 21.3 Å². The summed E-state index contributed by atoms with van der Waals surface area (Å²) in [6.45, 7) is 4.96. The molecule has 5 nitrogen and oxygen atoms in total. The van der Waals surface area contributed by atoms with Crippen molar-refractivity contribution < 1.29 is 14.3 Å². The van der Waals surface area contributed by atoms with Crippen molar-refractivity contribution in [3.8, 4) is 11.5 Å². The van der Waals surface area contributed by atoms with E-state index >= 15 is 0 Å². The highest BCUT2D eigenvalue weighted by atomic mass is 127. The number of rotatable bonds is 6. The van der Waals surface area contributed by atoms with Gasteiger partial charge >= 0.3 is 0 Å². The quantitative estimate of drug-likeness (QED) is 0.378. The van der Waals surface area contributed by atoms with Gasteiger partial charge in [-0.3, -0.25) is 4.79 Å². The number of halogens is 1. The summed E-state index contributed by atoms with van der Waals surface area (Å²) >= 11 is 8.60. The lowest BCUT2D eigenvalue weighted by molar-refractivity contribution is -0.123. The number of hydrazone groups is 1.